The molecule has 1 N–H and O–H groups in total. The van der Waals surface area contributed by atoms with Gasteiger partial charge in [0, 0.05) is 31.5 Å². The zero-order valence-corrected chi connectivity index (χ0v) is 13.0. The average Bonchev–Trinajstić information content (AvgIpc) is 2.90. The van der Waals surface area contributed by atoms with E-state index in [4.69, 9.17) is 4.74 Å². The summed E-state index contributed by atoms with van der Waals surface area (Å²) in [6, 6.07) is 4.38. The van der Waals surface area contributed by atoms with Gasteiger partial charge in [-0.1, -0.05) is 13.0 Å². The highest BCUT2D eigenvalue weighted by atomic mass is 16.5. The van der Waals surface area contributed by atoms with E-state index in [0.29, 0.717) is 11.9 Å². The molecular formula is C16H24N4O. The van der Waals surface area contributed by atoms with Crippen LogP contribution in [-0.4, -0.2) is 34.5 Å². The van der Waals surface area contributed by atoms with Gasteiger partial charge in [0.15, 0.2) is 0 Å². The van der Waals surface area contributed by atoms with Crippen molar-refractivity contribution < 1.29 is 4.74 Å². The van der Waals surface area contributed by atoms with Gasteiger partial charge in [-0.05, 0) is 36.9 Å². The molecule has 0 amide bonds. The Balaban J connectivity index is 2.00. The Kier molecular flexibility index (Phi) is 5.75. The molecule has 0 saturated heterocycles. The standard InChI is InChI=1S/C16H24N4O/c1-4-7-17-15(9-14-11-19-20(2)12-14)8-13-5-6-16(21-3)18-10-13/h5-6,10-12,15,17H,4,7-9H2,1-3H3. The molecule has 21 heavy (non-hydrogen) atoms. The van der Waals surface area contributed by atoms with Gasteiger partial charge in [-0.3, -0.25) is 4.68 Å². The topological polar surface area (TPSA) is 52.0 Å². The lowest BCUT2D eigenvalue weighted by Crippen LogP contribution is -2.33. The van der Waals surface area contributed by atoms with Crippen molar-refractivity contribution in [2.24, 2.45) is 7.05 Å². The van der Waals surface area contributed by atoms with Crippen LogP contribution in [0.2, 0.25) is 0 Å². The SMILES string of the molecule is CCCNC(Cc1ccc(OC)nc1)Cc1cnn(C)c1. The van der Waals surface area contributed by atoms with E-state index in [9.17, 15) is 0 Å². The quantitative estimate of drug-likeness (QED) is 0.807. The van der Waals surface area contributed by atoms with Gasteiger partial charge in [0.1, 0.15) is 0 Å². The molecule has 5 nitrogen and oxygen atoms in total. The number of aryl methyl sites for hydroxylation is 1. The van der Waals surface area contributed by atoms with Crippen molar-refractivity contribution in [3.63, 3.8) is 0 Å². The number of nitrogens with zero attached hydrogens (tertiary/aromatic N) is 3. The van der Waals surface area contributed by atoms with E-state index >= 15 is 0 Å². The van der Waals surface area contributed by atoms with Crippen LogP contribution in [0, 0.1) is 0 Å². The molecule has 0 aromatic carbocycles. The molecule has 1 atom stereocenters. The Bertz CT molecular complexity index is 535. The number of nitrogens with one attached hydrogen (secondary N) is 1. The maximum atomic E-state index is 5.10. The predicted octanol–water partition coefficient (Wildman–Crippen LogP) is 1.98. The van der Waals surface area contributed by atoms with Gasteiger partial charge in [-0.15, -0.1) is 0 Å². The smallest absolute Gasteiger partial charge is 0.212 e. The highest BCUT2D eigenvalue weighted by Crippen LogP contribution is 2.11. The Morgan fingerprint density at radius 1 is 1.24 bits per heavy atom. The first kappa shape index (κ1) is 15.5. The fraction of sp³-hybridized carbons (Fsp3) is 0.500. The van der Waals surface area contributed by atoms with Gasteiger partial charge >= 0.3 is 0 Å². The number of ether oxygens (including phenoxy) is 1. The van der Waals surface area contributed by atoms with Gasteiger partial charge < -0.3 is 10.1 Å². The maximum Gasteiger partial charge on any atom is 0.212 e. The van der Waals surface area contributed by atoms with E-state index in [1.807, 2.05) is 30.2 Å². The van der Waals surface area contributed by atoms with Crippen molar-refractivity contribution in [2.45, 2.75) is 32.2 Å². The molecule has 0 fully saturated rings. The zero-order chi connectivity index (χ0) is 15.1. The molecule has 0 radical (unpaired) electrons. The number of hydrogen-bond acceptors (Lipinski definition) is 4. The van der Waals surface area contributed by atoms with Crippen LogP contribution in [-0.2, 0) is 19.9 Å². The van der Waals surface area contributed by atoms with Gasteiger partial charge in [-0.2, -0.15) is 5.10 Å². The van der Waals surface area contributed by atoms with Crippen LogP contribution < -0.4 is 10.1 Å². The van der Waals surface area contributed by atoms with Gasteiger partial charge in [0.2, 0.25) is 5.88 Å². The van der Waals surface area contributed by atoms with E-state index in [1.165, 1.54) is 11.1 Å². The lowest BCUT2D eigenvalue weighted by Gasteiger charge is -2.18. The molecule has 2 heterocycles. The molecule has 0 aliphatic carbocycles. The summed E-state index contributed by atoms with van der Waals surface area (Å²) in [5.74, 6) is 0.657. The second-order valence-corrected chi connectivity index (χ2v) is 5.29. The molecule has 114 valence electrons. The molecule has 1 unspecified atom stereocenters. The lowest BCUT2D eigenvalue weighted by atomic mass is 10.0. The molecule has 2 aromatic rings. The Hall–Kier alpha value is -1.88. The summed E-state index contributed by atoms with van der Waals surface area (Å²) < 4.78 is 6.95. The van der Waals surface area contributed by atoms with Crippen molar-refractivity contribution in [1.29, 1.82) is 0 Å². The fourth-order valence-corrected chi connectivity index (χ4v) is 2.36. The number of methoxy groups -OCH3 is 1. The van der Waals surface area contributed by atoms with Crippen molar-refractivity contribution >= 4 is 0 Å². The minimum Gasteiger partial charge on any atom is -0.481 e. The summed E-state index contributed by atoms with van der Waals surface area (Å²) >= 11 is 0. The minimum atomic E-state index is 0.393. The molecule has 0 bridgehead atoms. The van der Waals surface area contributed by atoms with Crippen molar-refractivity contribution in [2.75, 3.05) is 13.7 Å². The largest absolute Gasteiger partial charge is 0.481 e. The van der Waals surface area contributed by atoms with Crippen LogP contribution in [0.15, 0.2) is 30.7 Å². The van der Waals surface area contributed by atoms with Crippen LogP contribution >= 0.6 is 0 Å². The first-order valence-electron chi connectivity index (χ1n) is 7.41. The summed E-state index contributed by atoms with van der Waals surface area (Å²) in [6.45, 7) is 3.21. The van der Waals surface area contributed by atoms with Gasteiger partial charge in [-0.25, -0.2) is 4.98 Å². The van der Waals surface area contributed by atoms with E-state index < -0.39 is 0 Å². The summed E-state index contributed by atoms with van der Waals surface area (Å²) in [7, 11) is 3.58. The molecule has 2 rings (SSSR count). The Morgan fingerprint density at radius 3 is 2.62 bits per heavy atom. The third-order valence-electron chi connectivity index (χ3n) is 3.41. The highest BCUT2D eigenvalue weighted by molar-refractivity contribution is 5.19. The van der Waals surface area contributed by atoms with Crippen LogP contribution in [0.5, 0.6) is 5.88 Å². The summed E-state index contributed by atoms with van der Waals surface area (Å²) in [4.78, 5) is 4.28. The molecular weight excluding hydrogens is 264 g/mol. The number of rotatable bonds is 8. The zero-order valence-electron chi connectivity index (χ0n) is 13.0. The third kappa shape index (κ3) is 4.86. The van der Waals surface area contributed by atoms with Crippen molar-refractivity contribution in [3.05, 3.63) is 41.9 Å². The van der Waals surface area contributed by atoms with Crippen molar-refractivity contribution in [1.82, 2.24) is 20.1 Å². The average molecular weight is 288 g/mol. The second-order valence-electron chi connectivity index (χ2n) is 5.29. The van der Waals surface area contributed by atoms with Crippen LogP contribution in [0.1, 0.15) is 24.5 Å². The van der Waals surface area contributed by atoms with Crippen molar-refractivity contribution in [3.8, 4) is 5.88 Å². The van der Waals surface area contributed by atoms with Gasteiger partial charge in [0.25, 0.3) is 0 Å². The number of pyridine rings is 1. The Labute approximate surface area is 126 Å². The lowest BCUT2D eigenvalue weighted by molar-refractivity contribution is 0.397. The second kappa shape index (κ2) is 7.78. The summed E-state index contributed by atoms with van der Waals surface area (Å²) in [5, 5.41) is 7.85. The molecule has 0 aliphatic heterocycles. The molecule has 0 saturated carbocycles. The number of aromatic nitrogens is 3. The third-order valence-corrected chi connectivity index (χ3v) is 3.41. The first-order chi connectivity index (χ1) is 10.2. The van der Waals surface area contributed by atoms with E-state index in [1.54, 1.807) is 7.11 Å². The molecule has 0 spiro atoms. The number of hydrogen-bond donors (Lipinski definition) is 1. The fourth-order valence-electron chi connectivity index (χ4n) is 2.36. The normalized spacial score (nSPS) is 12.3. The van der Waals surface area contributed by atoms with E-state index in [0.717, 1.165) is 25.8 Å². The highest BCUT2D eigenvalue weighted by Gasteiger charge is 2.11. The molecule has 5 heteroatoms. The predicted molar refractivity (Wildman–Crippen MR) is 83.5 cm³/mol. The summed E-state index contributed by atoms with van der Waals surface area (Å²) in [5.41, 5.74) is 2.47. The van der Waals surface area contributed by atoms with E-state index in [2.05, 4.69) is 34.6 Å². The monoisotopic (exact) mass is 288 g/mol. The van der Waals surface area contributed by atoms with Gasteiger partial charge in [0.05, 0.1) is 13.3 Å². The molecule has 0 aliphatic rings. The van der Waals surface area contributed by atoms with Crippen LogP contribution in [0.3, 0.4) is 0 Å². The molecule has 2 aromatic heterocycles. The Morgan fingerprint density at radius 2 is 2.05 bits per heavy atom. The first-order valence-corrected chi connectivity index (χ1v) is 7.41. The van der Waals surface area contributed by atoms with Crippen LogP contribution in [0.25, 0.3) is 0 Å². The van der Waals surface area contributed by atoms with Crippen LogP contribution in [0.4, 0.5) is 0 Å². The van der Waals surface area contributed by atoms with E-state index in [-0.39, 0.29) is 0 Å². The summed E-state index contributed by atoms with van der Waals surface area (Å²) in [6.07, 6.45) is 8.96. The maximum absolute atomic E-state index is 5.10. The minimum absolute atomic E-state index is 0.393.